The van der Waals surface area contributed by atoms with Crippen LogP contribution in [0.15, 0.2) is 18.2 Å². The third-order valence-electron chi connectivity index (χ3n) is 2.29. The summed E-state index contributed by atoms with van der Waals surface area (Å²) >= 11 is 0. The Labute approximate surface area is 80.4 Å². The second kappa shape index (κ2) is 4.28. The fraction of sp³-hybridized carbons (Fsp3) is 0.455. The van der Waals surface area contributed by atoms with Gasteiger partial charge in [0.2, 0.25) is 0 Å². The first-order valence-corrected chi connectivity index (χ1v) is 4.64. The average molecular weight is 178 g/mol. The van der Waals surface area contributed by atoms with Crippen molar-refractivity contribution in [1.82, 2.24) is 0 Å². The first-order chi connectivity index (χ1) is 6.16. The van der Waals surface area contributed by atoms with Crippen molar-refractivity contribution < 1.29 is 0 Å². The SMILES string of the molecule is Cc1cccc(C)c1N(C)CCN. The fourth-order valence-electron chi connectivity index (χ4n) is 1.71. The van der Waals surface area contributed by atoms with E-state index in [1.807, 2.05) is 0 Å². The predicted molar refractivity (Wildman–Crippen MR) is 58.2 cm³/mol. The maximum Gasteiger partial charge on any atom is 0.0423 e. The van der Waals surface area contributed by atoms with Crippen LogP contribution in [0.5, 0.6) is 0 Å². The highest BCUT2D eigenvalue weighted by molar-refractivity contribution is 5.58. The molecular weight excluding hydrogens is 160 g/mol. The molecule has 0 fully saturated rings. The second-order valence-electron chi connectivity index (χ2n) is 3.45. The maximum absolute atomic E-state index is 5.53. The molecule has 0 spiro atoms. The second-order valence-corrected chi connectivity index (χ2v) is 3.45. The first-order valence-electron chi connectivity index (χ1n) is 4.64. The smallest absolute Gasteiger partial charge is 0.0423 e. The molecule has 2 N–H and O–H groups in total. The minimum atomic E-state index is 0.699. The van der Waals surface area contributed by atoms with E-state index in [4.69, 9.17) is 5.73 Å². The van der Waals surface area contributed by atoms with E-state index in [0.717, 1.165) is 6.54 Å². The zero-order valence-corrected chi connectivity index (χ0v) is 8.67. The molecule has 72 valence electrons. The molecule has 0 bridgehead atoms. The molecule has 0 aromatic heterocycles. The number of rotatable bonds is 3. The average Bonchev–Trinajstić information content (AvgIpc) is 2.04. The van der Waals surface area contributed by atoms with Crippen molar-refractivity contribution in [3.05, 3.63) is 29.3 Å². The molecule has 2 heteroatoms. The van der Waals surface area contributed by atoms with Gasteiger partial charge >= 0.3 is 0 Å². The molecule has 1 rings (SSSR count). The van der Waals surface area contributed by atoms with Crippen molar-refractivity contribution in [3.63, 3.8) is 0 Å². The van der Waals surface area contributed by atoms with Crippen LogP contribution in [-0.2, 0) is 0 Å². The van der Waals surface area contributed by atoms with Gasteiger partial charge in [0.05, 0.1) is 0 Å². The molecule has 1 aromatic rings. The Bertz CT molecular complexity index is 261. The van der Waals surface area contributed by atoms with Gasteiger partial charge in [-0.2, -0.15) is 0 Å². The summed E-state index contributed by atoms with van der Waals surface area (Å²) in [6.07, 6.45) is 0. The number of nitrogens with two attached hydrogens (primary N) is 1. The van der Waals surface area contributed by atoms with Crippen LogP contribution in [0.4, 0.5) is 5.69 Å². The van der Waals surface area contributed by atoms with Crippen LogP contribution < -0.4 is 10.6 Å². The predicted octanol–water partition coefficient (Wildman–Crippen LogP) is 1.70. The number of hydrogen-bond donors (Lipinski definition) is 1. The maximum atomic E-state index is 5.53. The Morgan fingerprint density at radius 3 is 2.23 bits per heavy atom. The third-order valence-corrected chi connectivity index (χ3v) is 2.29. The lowest BCUT2D eigenvalue weighted by Crippen LogP contribution is -2.26. The summed E-state index contributed by atoms with van der Waals surface area (Å²) in [7, 11) is 2.09. The molecule has 0 amide bonds. The summed E-state index contributed by atoms with van der Waals surface area (Å²) < 4.78 is 0. The van der Waals surface area contributed by atoms with Gasteiger partial charge in [0, 0.05) is 25.8 Å². The Kier molecular flexibility index (Phi) is 3.32. The zero-order chi connectivity index (χ0) is 9.84. The summed E-state index contributed by atoms with van der Waals surface area (Å²) in [5.41, 5.74) is 9.47. The Morgan fingerprint density at radius 2 is 1.77 bits per heavy atom. The molecule has 1 aromatic carbocycles. The lowest BCUT2D eigenvalue weighted by atomic mass is 10.1. The van der Waals surface area contributed by atoms with Gasteiger partial charge in [-0.3, -0.25) is 0 Å². The largest absolute Gasteiger partial charge is 0.373 e. The molecule has 0 aliphatic heterocycles. The normalized spacial score (nSPS) is 10.2. The standard InChI is InChI=1S/C11H18N2/c1-9-5-4-6-10(2)11(9)13(3)8-7-12/h4-6H,7-8,12H2,1-3H3. The van der Waals surface area contributed by atoms with Crippen molar-refractivity contribution >= 4 is 5.69 Å². The Hall–Kier alpha value is -1.02. The molecule has 0 saturated carbocycles. The van der Waals surface area contributed by atoms with Crippen LogP contribution in [0, 0.1) is 13.8 Å². The Morgan fingerprint density at radius 1 is 1.23 bits per heavy atom. The lowest BCUT2D eigenvalue weighted by molar-refractivity contribution is 0.878. The number of hydrogen-bond acceptors (Lipinski definition) is 2. The zero-order valence-electron chi connectivity index (χ0n) is 8.67. The number of aryl methyl sites for hydroxylation is 2. The topological polar surface area (TPSA) is 29.3 Å². The fourth-order valence-corrected chi connectivity index (χ4v) is 1.71. The van der Waals surface area contributed by atoms with E-state index in [9.17, 15) is 0 Å². The number of nitrogens with zero attached hydrogens (tertiary/aromatic N) is 1. The summed E-state index contributed by atoms with van der Waals surface area (Å²) in [6, 6.07) is 6.36. The number of para-hydroxylation sites is 1. The van der Waals surface area contributed by atoms with E-state index in [2.05, 4.69) is 44.0 Å². The summed E-state index contributed by atoms with van der Waals surface area (Å²) in [5.74, 6) is 0. The Balaban J connectivity index is 2.98. The number of anilines is 1. The molecule has 0 saturated heterocycles. The molecular formula is C11H18N2. The third kappa shape index (κ3) is 2.22. The minimum Gasteiger partial charge on any atom is -0.373 e. The van der Waals surface area contributed by atoms with E-state index in [-0.39, 0.29) is 0 Å². The quantitative estimate of drug-likeness (QED) is 0.763. The van der Waals surface area contributed by atoms with Gasteiger partial charge in [0.1, 0.15) is 0 Å². The van der Waals surface area contributed by atoms with E-state index in [1.165, 1.54) is 16.8 Å². The van der Waals surface area contributed by atoms with Gasteiger partial charge in [0.25, 0.3) is 0 Å². The van der Waals surface area contributed by atoms with E-state index in [1.54, 1.807) is 0 Å². The van der Waals surface area contributed by atoms with Gasteiger partial charge in [0.15, 0.2) is 0 Å². The van der Waals surface area contributed by atoms with Crippen LogP contribution in [0.2, 0.25) is 0 Å². The summed E-state index contributed by atoms with van der Waals surface area (Å²) in [4.78, 5) is 2.21. The highest BCUT2D eigenvalue weighted by Gasteiger charge is 2.05. The van der Waals surface area contributed by atoms with Crippen LogP contribution >= 0.6 is 0 Å². The van der Waals surface area contributed by atoms with Gasteiger partial charge in [-0.05, 0) is 25.0 Å². The van der Waals surface area contributed by atoms with E-state index < -0.39 is 0 Å². The van der Waals surface area contributed by atoms with Gasteiger partial charge in [-0.1, -0.05) is 18.2 Å². The molecule has 0 aliphatic carbocycles. The van der Waals surface area contributed by atoms with Crippen molar-refractivity contribution in [2.24, 2.45) is 5.73 Å². The molecule has 0 unspecified atom stereocenters. The first kappa shape index (κ1) is 10.1. The van der Waals surface area contributed by atoms with Crippen molar-refractivity contribution in [2.75, 3.05) is 25.0 Å². The minimum absolute atomic E-state index is 0.699. The molecule has 0 atom stereocenters. The van der Waals surface area contributed by atoms with E-state index >= 15 is 0 Å². The van der Waals surface area contributed by atoms with Gasteiger partial charge in [-0.15, -0.1) is 0 Å². The highest BCUT2D eigenvalue weighted by atomic mass is 15.1. The molecule has 0 aliphatic rings. The molecule has 13 heavy (non-hydrogen) atoms. The van der Waals surface area contributed by atoms with Gasteiger partial charge < -0.3 is 10.6 Å². The van der Waals surface area contributed by atoms with Crippen molar-refractivity contribution in [3.8, 4) is 0 Å². The van der Waals surface area contributed by atoms with Crippen molar-refractivity contribution in [2.45, 2.75) is 13.8 Å². The number of benzene rings is 1. The van der Waals surface area contributed by atoms with Crippen LogP contribution in [0.3, 0.4) is 0 Å². The van der Waals surface area contributed by atoms with Crippen LogP contribution in [-0.4, -0.2) is 20.1 Å². The van der Waals surface area contributed by atoms with E-state index in [0.29, 0.717) is 6.54 Å². The molecule has 2 nitrogen and oxygen atoms in total. The molecule has 0 heterocycles. The van der Waals surface area contributed by atoms with Crippen molar-refractivity contribution in [1.29, 1.82) is 0 Å². The van der Waals surface area contributed by atoms with Crippen LogP contribution in [0.25, 0.3) is 0 Å². The molecule has 0 radical (unpaired) electrons. The summed E-state index contributed by atoms with van der Waals surface area (Å²) in [5, 5.41) is 0. The van der Waals surface area contributed by atoms with Gasteiger partial charge in [-0.25, -0.2) is 0 Å². The highest BCUT2D eigenvalue weighted by Crippen LogP contribution is 2.22. The number of likely N-dealkylation sites (N-methyl/N-ethyl adjacent to an activating group) is 1. The van der Waals surface area contributed by atoms with Crippen LogP contribution in [0.1, 0.15) is 11.1 Å². The monoisotopic (exact) mass is 178 g/mol. The summed E-state index contributed by atoms with van der Waals surface area (Å²) in [6.45, 7) is 5.88. The lowest BCUT2D eigenvalue weighted by Gasteiger charge is -2.22.